The molecule has 0 aliphatic rings. The molecule has 2 aromatic carbocycles. The molecule has 1 aromatic heterocycles. The second kappa shape index (κ2) is 9.00. The topological polar surface area (TPSA) is 52.8 Å². The summed E-state index contributed by atoms with van der Waals surface area (Å²) in [6.45, 7) is 0.587. The van der Waals surface area contributed by atoms with Crippen LogP contribution in [0.3, 0.4) is 0 Å². The first-order chi connectivity index (χ1) is 12.7. The van der Waals surface area contributed by atoms with Gasteiger partial charge in [0.2, 0.25) is 5.16 Å². The predicted molar refractivity (Wildman–Crippen MR) is 97.8 cm³/mol. The quantitative estimate of drug-likeness (QED) is 0.530. The Morgan fingerprint density at radius 3 is 2.65 bits per heavy atom. The lowest BCUT2D eigenvalue weighted by Crippen LogP contribution is -2.03. The molecule has 136 valence electrons. The van der Waals surface area contributed by atoms with Gasteiger partial charge in [0.15, 0.2) is 0 Å². The largest absolute Gasteiger partial charge is 0.496 e. The van der Waals surface area contributed by atoms with Gasteiger partial charge in [0.1, 0.15) is 5.75 Å². The van der Waals surface area contributed by atoms with Crippen LogP contribution in [-0.2, 0) is 12.3 Å². The van der Waals surface area contributed by atoms with Gasteiger partial charge >= 0.3 is 0 Å². The Morgan fingerprint density at radius 1 is 1.12 bits per heavy atom. The summed E-state index contributed by atoms with van der Waals surface area (Å²) in [7, 11) is 1.47. The van der Waals surface area contributed by atoms with Crippen LogP contribution < -0.4 is 4.74 Å². The van der Waals surface area contributed by atoms with Crippen LogP contribution in [-0.4, -0.2) is 33.1 Å². The molecule has 0 amide bonds. The first kappa shape index (κ1) is 18.7. The number of hydrogen-bond donors (Lipinski definition) is 0. The minimum atomic E-state index is -2.48. The smallest absolute Gasteiger partial charge is 0.289 e. The van der Waals surface area contributed by atoms with Crippen LogP contribution in [0, 0.1) is 0 Å². The van der Waals surface area contributed by atoms with Gasteiger partial charge < -0.3 is 4.74 Å². The van der Waals surface area contributed by atoms with E-state index in [1.807, 2.05) is 36.4 Å². The van der Waals surface area contributed by atoms with Gasteiger partial charge in [-0.2, -0.15) is 8.78 Å². The van der Waals surface area contributed by atoms with Gasteiger partial charge in [-0.05, 0) is 33.7 Å². The number of halogens is 2. The third-order valence-electron chi connectivity index (χ3n) is 3.49. The number of alkyl halides is 2. The lowest BCUT2D eigenvalue weighted by atomic mass is 10.2. The number of tetrazole rings is 1. The van der Waals surface area contributed by atoms with Crippen molar-refractivity contribution in [3.8, 4) is 5.75 Å². The van der Waals surface area contributed by atoms with E-state index in [1.54, 1.807) is 16.8 Å². The molecule has 0 bridgehead atoms. The molecule has 0 atom stereocenters. The zero-order chi connectivity index (χ0) is 18.4. The van der Waals surface area contributed by atoms with Crippen LogP contribution in [0.1, 0.15) is 11.1 Å². The molecule has 9 heteroatoms. The molecule has 3 rings (SSSR count). The Balaban J connectivity index is 1.67. The number of hydrogen-bond acceptors (Lipinski definition) is 6. The summed E-state index contributed by atoms with van der Waals surface area (Å²) in [5.74, 6) is -1.44. The van der Waals surface area contributed by atoms with Crippen LogP contribution >= 0.6 is 23.5 Å². The average Bonchev–Trinajstić information content (AvgIpc) is 3.08. The summed E-state index contributed by atoms with van der Waals surface area (Å²) < 4.78 is 32.1. The first-order valence-electron chi connectivity index (χ1n) is 7.70. The zero-order valence-electron chi connectivity index (χ0n) is 13.9. The normalized spacial score (nSPS) is 11.1. The maximum absolute atomic E-state index is 12.6. The molecule has 0 N–H and O–H groups in total. The van der Waals surface area contributed by atoms with Crippen molar-refractivity contribution in [3.05, 3.63) is 59.7 Å². The summed E-state index contributed by atoms with van der Waals surface area (Å²) in [5, 5.41) is 12.5. The second-order valence-electron chi connectivity index (χ2n) is 5.26. The van der Waals surface area contributed by atoms with Crippen molar-refractivity contribution < 1.29 is 13.5 Å². The maximum Gasteiger partial charge on any atom is 0.289 e. The summed E-state index contributed by atoms with van der Waals surface area (Å²) in [5.41, 5.74) is 2.05. The van der Waals surface area contributed by atoms with E-state index < -0.39 is 5.76 Å². The third kappa shape index (κ3) is 4.95. The van der Waals surface area contributed by atoms with E-state index in [1.165, 1.54) is 18.9 Å². The van der Waals surface area contributed by atoms with E-state index in [0.29, 0.717) is 39.9 Å². The number of thioether (sulfide) groups is 2. The maximum atomic E-state index is 12.6. The van der Waals surface area contributed by atoms with Crippen LogP contribution in [0.4, 0.5) is 8.78 Å². The summed E-state index contributed by atoms with van der Waals surface area (Å²) in [6, 6.07) is 15.2. The van der Waals surface area contributed by atoms with Gasteiger partial charge in [-0.1, -0.05) is 59.9 Å². The van der Waals surface area contributed by atoms with Crippen molar-refractivity contribution in [2.75, 3.05) is 7.11 Å². The number of benzene rings is 2. The molecule has 0 aliphatic heterocycles. The van der Waals surface area contributed by atoms with E-state index >= 15 is 0 Å². The fraction of sp³-hybridized carbons (Fsp3) is 0.235. The Hall–Kier alpha value is -2.13. The van der Waals surface area contributed by atoms with Gasteiger partial charge in [0.25, 0.3) is 5.76 Å². The molecule has 3 aromatic rings. The predicted octanol–water partition coefficient (Wildman–Crippen LogP) is 4.34. The molecule has 0 unspecified atom stereocenters. The molecule has 0 spiro atoms. The highest BCUT2D eigenvalue weighted by molar-refractivity contribution is 7.99. The highest BCUT2D eigenvalue weighted by Crippen LogP contribution is 2.35. The Morgan fingerprint density at radius 2 is 1.92 bits per heavy atom. The highest BCUT2D eigenvalue weighted by atomic mass is 32.2. The van der Waals surface area contributed by atoms with Gasteiger partial charge in [0.05, 0.1) is 18.6 Å². The molecule has 5 nitrogen and oxygen atoms in total. The van der Waals surface area contributed by atoms with Crippen molar-refractivity contribution in [1.29, 1.82) is 0 Å². The minimum absolute atomic E-state index is 0.421. The SMILES string of the molecule is COc1cc(CSc2nnnn2Cc2ccccc2)ccc1SC(F)F. The fourth-order valence-corrected chi connectivity index (χ4v) is 3.72. The lowest BCUT2D eigenvalue weighted by molar-refractivity contribution is 0.251. The third-order valence-corrected chi connectivity index (χ3v) is 5.28. The number of methoxy groups -OCH3 is 1. The Bertz CT molecular complexity index is 846. The monoisotopic (exact) mass is 394 g/mol. The Kier molecular flexibility index (Phi) is 6.45. The van der Waals surface area contributed by atoms with Crippen LogP contribution in [0.25, 0.3) is 0 Å². The standard InChI is InChI=1S/C17H16F2N4OS2/c1-24-14-9-13(7-8-15(14)26-16(18)19)11-25-17-20-21-22-23(17)10-12-5-3-2-4-6-12/h2-9,16H,10-11H2,1H3. The molecule has 0 saturated heterocycles. The van der Waals surface area contributed by atoms with Gasteiger partial charge in [-0.15, -0.1) is 5.10 Å². The molecular formula is C17H16F2N4OS2. The first-order valence-corrected chi connectivity index (χ1v) is 9.57. The number of ether oxygens (including phenoxy) is 1. The van der Waals surface area contributed by atoms with Crippen molar-refractivity contribution in [2.45, 2.75) is 28.1 Å². The zero-order valence-corrected chi connectivity index (χ0v) is 15.5. The van der Waals surface area contributed by atoms with Gasteiger partial charge in [-0.3, -0.25) is 0 Å². The molecule has 0 saturated carbocycles. The van der Waals surface area contributed by atoms with Crippen molar-refractivity contribution in [1.82, 2.24) is 20.2 Å². The van der Waals surface area contributed by atoms with E-state index in [-0.39, 0.29) is 0 Å². The van der Waals surface area contributed by atoms with Crippen molar-refractivity contribution in [2.24, 2.45) is 0 Å². The second-order valence-corrected chi connectivity index (χ2v) is 7.23. The van der Waals surface area contributed by atoms with Crippen molar-refractivity contribution >= 4 is 23.5 Å². The number of nitrogens with zero attached hydrogens (tertiary/aromatic N) is 4. The van der Waals surface area contributed by atoms with E-state index in [0.717, 1.165) is 11.1 Å². The summed E-state index contributed by atoms with van der Waals surface area (Å²) >= 11 is 1.96. The summed E-state index contributed by atoms with van der Waals surface area (Å²) in [6.07, 6.45) is 0. The van der Waals surface area contributed by atoms with Crippen LogP contribution in [0.15, 0.2) is 58.6 Å². The molecule has 1 heterocycles. The highest BCUT2D eigenvalue weighted by Gasteiger charge is 2.13. The van der Waals surface area contributed by atoms with Gasteiger partial charge in [-0.25, -0.2) is 4.68 Å². The van der Waals surface area contributed by atoms with Gasteiger partial charge in [0, 0.05) is 5.75 Å². The molecule has 26 heavy (non-hydrogen) atoms. The summed E-state index contributed by atoms with van der Waals surface area (Å²) in [4.78, 5) is 0.421. The van der Waals surface area contributed by atoms with E-state index in [9.17, 15) is 8.78 Å². The van der Waals surface area contributed by atoms with Crippen LogP contribution in [0.5, 0.6) is 5.75 Å². The number of rotatable bonds is 8. The molecule has 0 fully saturated rings. The van der Waals surface area contributed by atoms with E-state index in [2.05, 4.69) is 15.5 Å². The molecule has 0 radical (unpaired) electrons. The minimum Gasteiger partial charge on any atom is -0.496 e. The molecule has 0 aliphatic carbocycles. The molecular weight excluding hydrogens is 378 g/mol. The average molecular weight is 394 g/mol. The lowest BCUT2D eigenvalue weighted by Gasteiger charge is -2.10. The Labute approximate surface area is 158 Å². The number of aromatic nitrogens is 4. The van der Waals surface area contributed by atoms with Crippen LogP contribution in [0.2, 0.25) is 0 Å². The van der Waals surface area contributed by atoms with E-state index in [4.69, 9.17) is 4.74 Å². The fourth-order valence-electron chi connectivity index (χ4n) is 2.30. The van der Waals surface area contributed by atoms with Crippen molar-refractivity contribution in [3.63, 3.8) is 0 Å².